The fourth-order valence-electron chi connectivity index (χ4n) is 4.20. The van der Waals surface area contributed by atoms with Crippen LogP contribution in [0.4, 0.5) is 0 Å². The molecule has 2 nitrogen and oxygen atoms in total. The maximum atomic E-state index is 3.70. The smallest absolute Gasteiger partial charge is 0.0114 e. The second kappa shape index (κ2) is 4.66. The molecule has 2 bridgehead atoms. The third-order valence-electron chi connectivity index (χ3n) is 5.01. The molecule has 3 rings (SSSR count). The Labute approximate surface area is 99.8 Å². The molecule has 1 N–H and O–H groups in total. The zero-order chi connectivity index (χ0) is 11.0. The highest BCUT2D eigenvalue weighted by molar-refractivity contribution is 4.98. The van der Waals surface area contributed by atoms with E-state index in [1.807, 2.05) is 0 Å². The van der Waals surface area contributed by atoms with Crippen molar-refractivity contribution in [2.24, 2.45) is 5.92 Å². The van der Waals surface area contributed by atoms with Gasteiger partial charge >= 0.3 is 0 Å². The first-order valence-electron chi connectivity index (χ1n) is 7.36. The first-order chi connectivity index (χ1) is 7.86. The molecule has 3 fully saturated rings. The summed E-state index contributed by atoms with van der Waals surface area (Å²) in [6.45, 7) is 4.90. The Hall–Kier alpha value is -0.0800. The average Bonchev–Trinajstić information content (AvgIpc) is 3.01. The topological polar surface area (TPSA) is 15.3 Å². The predicted octanol–water partition coefficient (Wildman–Crippen LogP) is 2.39. The van der Waals surface area contributed by atoms with E-state index in [2.05, 4.69) is 17.1 Å². The van der Waals surface area contributed by atoms with Crippen molar-refractivity contribution < 1.29 is 0 Å². The van der Waals surface area contributed by atoms with E-state index in [1.54, 1.807) is 0 Å². The van der Waals surface area contributed by atoms with Crippen LogP contribution < -0.4 is 5.32 Å². The Kier molecular flexibility index (Phi) is 3.21. The number of likely N-dealkylation sites (tertiary alicyclic amines) is 1. The highest BCUT2D eigenvalue weighted by atomic mass is 15.2. The average molecular weight is 222 g/mol. The van der Waals surface area contributed by atoms with Gasteiger partial charge in [-0.05, 0) is 57.4 Å². The van der Waals surface area contributed by atoms with E-state index in [-0.39, 0.29) is 0 Å². The van der Waals surface area contributed by atoms with Gasteiger partial charge in [0.15, 0.2) is 0 Å². The van der Waals surface area contributed by atoms with E-state index < -0.39 is 0 Å². The Morgan fingerprint density at radius 3 is 2.56 bits per heavy atom. The lowest BCUT2D eigenvalue weighted by atomic mass is 10.1. The molecule has 2 saturated carbocycles. The molecule has 4 atom stereocenters. The summed E-state index contributed by atoms with van der Waals surface area (Å²) in [4.78, 5) is 2.86. The van der Waals surface area contributed by atoms with Gasteiger partial charge in [-0.1, -0.05) is 6.92 Å². The van der Waals surface area contributed by atoms with Gasteiger partial charge in [0.2, 0.25) is 0 Å². The number of hydrogen-bond acceptors (Lipinski definition) is 2. The second-order valence-corrected chi connectivity index (χ2v) is 6.15. The minimum atomic E-state index is 0.823. The molecule has 92 valence electrons. The monoisotopic (exact) mass is 222 g/mol. The van der Waals surface area contributed by atoms with E-state index in [4.69, 9.17) is 0 Å². The van der Waals surface area contributed by atoms with Gasteiger partial charge in [0.05, 0.1) is 0 Å². The lowest BCUT2D eigenvalue weighted by Gasteiger charge is -2.32. The molecule has 0 amide bonds. The molecule has 2 aliphatic carbocycles. The fraction of sp³-hybridized carbons (Fsp3) is 1.00. The first kappa shape index (κ1) is 11.0. The van der Waals surface area contributed by atoms with Gasteiger partial charge in [0.25, 0.3) is 0 Å². The van der Waals surface area contributed by atoms with Gasteiger partial charge in [0, 0.05) is 24.7 Å². The summed E-state index contributed by atoms with van der Waals surface area (Å²) in [7, 11) is 0. The van der Waals surface area contributed by atoms with Crippen LogP contribution in [0.25, 0.3) is 0 Å². The molecule has 16 heavy (non-hydrogen) atoms. The van der Waals surface area contributed by atoms with Crippen LogP contribution in [0.15, 0.2) is 0 Å². The molecule has 4 unspecified atom stereocenters. The van der Waals surface area contributed by atoms with Gasteiger partial charge in [-0.25, -0.2) is 0 Å². The van der Waals surface area contributed by atoms with Crippen molar-refractivity contribution in [2.75, 3.05) is 13.1 Å². The summed E-state index contributed by atoms with van der Waals surface area (Å²) in [6.07, 6.45) is 10.1. The van der Waals surface area contributed by atoms with Crippen molar-refractivity contribution in [2.45, 2.75) is 70.0 Å². The van der Waals surface area contributed by atoms with Crippen molar-refractivity contribution in [3.8, 4) is 0 Å². The Morgan fingerprint density at radius 2 is 1.88 bits per heavy atom. The van der Waals surface area contributed by atoms with E-state index >= 15 is 0 Å². The predicted molar refractivity (Wildman–Crippen MR) is 67.6 cm³/mol. The van der Waals surface area contributed by atoms with Crippen LogP contribution in [0.2, 0.25) is 0 Å². The lowest BCUT2D eigenvalue weighted by Crippen LogP contribution is -2.40. The number of fused-ring (bicyclic) bond motifs is 2. The summed E-state index contributed by atoms with van der Waals surface area (Å²) < 4.78 is 0. The third kappa shape index (κ3) is 2.02. The number of nitrogens with zero attached hydrogens (tertiary/aromatic N) is 1. The van der Waals surface area contributed by atoms with Crippen LogP contribution in [0.5, 0.6) is 0 Å². The first-order valence-corrected chi connectivity index (χ1v) is 7.36. The SMILES string of the molecule is CCCNC1CCC(N2CC3CCC2C3)C1. The number of piperidine rings is 1. The summed E-state index contributed by atoms with van der Waals surface area (Å²) in [5.74, 6) is 1.06. The summed E-state index contributed by atoms with van der Waals surface area (Å²) in [6, 6.07) is 2.72. The maximum Gasteiger partial charge on any atom is 0.0114 e. The molecule has 2 heteroatoms. The molecular formula is C14H26N2. The molecule has 0 aromatic rings. The standard InChI is InChI=1S/C14H26N2/c1-2-7-15-12-4-6-14(9-12)16-10-11-3-5-13(16)8-11/h11-15H,2-10H2,1H3. The summed E-state index contributed by atoms with van der Waals surface area (Å²) in [5, 5.41) is 3.70. The van der Waals surface area contributed by atoms with Gasteiger partial charge in [0.1, 0.15) is 0 Å². The van der Waals surface area contributed by atoms with Crippen LogP contribution in [0, 0.1) is 5.92 Å². The van der Waals surface area contributed by atoms with E-state index in [0.29, 0.717) is 0 Å². The molecule has 0 aromatic carbocycles. The second-order valence-electron chi connectivity index (χ2n) is 6.15. The minimum Gasteiger partial charge on any atom is -0.314 e. The Bertz CT molecular complexity index is 241. The Balaban J connectivity index is 1.50. The molecular weight excluding hydrogens is 196 g/mol. The summed E-state index contributed by atoms with van der Waals surface area (Å²) in [5.41, 5.74) is 0. The quantitative estimate of drug-likeness (QED) is 0.786. The normalized spacial score (nSPS) is 43.3. The number of rotatable bonds is 4. The molecule has 1 heterocycles. The summed E-state index contributed by atoms with van der Waals surface area (Å²) >= 11 is 0. The van der Waals surface area contributed by atoms with Gasteiger partial charge in [-0.15, -0.1) is 0 Å². The number of hydrogen-bond donors (Lipinski definition) is 1. The molecule has 1 saturated heterocycles. The third-order valence-corrected chi connectivity index (χ3v) is 5.01. The largest absolute Gasteiger partial charge is 0.314 e. The van der Waals surface area contributed by atoms with Gasteiger partial charge in [-0.3, -0.25) is 4.90 Å². The highest BCUT2D eigenvalue weighted by Gasteiger charge is 2.42. The van der Waals surface area contributed by atoms with Crippen LogP contribution in [0.1, 0.15) is 51.9 Å². The van der Waals surface area contributed by atoms with Crippen molar-refractivity contribution in [1.82, 2.24) is 10.2 Å². The van der Waals surface area contributed by atoms with Crippen molar-refractivity contribution in [1.29, 1.82) is 0 Å². The molecule has 0 spiro atoms. The van der Waals surface area contributed by atoms with Crippen molar-refractivity contribution in [3.05, 3.63) is 0 Å². The van der Waals surface area contributed by atoms with Crippen LogP contribution >= 0.6 is 0 Å². The van der Waals surface area contributed by atoms with Crippen molar-refractivity contribution >= 4 is 0 Å². The molecule has 0 aromatic heterocycles. The van der Waals surface area contributed by atoms with E-state index in [9.17, 15) is 0 Å². The lowest BCUT2D eigenvalue weighted by molar-refractivity contribution is 0.149. The van der Waals surface area contributed by atoms with Crippen molar-refractivity contribution in [3.63, 3.8) is 0 Å². The maximum absolute atomic E-state index is 3.70. The molecule has 0 radical (unpaired) electrons. The minimum absolute atomic E-state index is 0.823. The van der Waals surface area contributed by atoms with E-state index in [1.165, 1.54) is 58.0 Å². The van der Waals surface area contributed by atoms with Crippen LogP contribution in [-0.2, 0) is 0 Å². The van der Waals surface area contributed by atoms with Crippen LogP contribution in [-0.4, -0.2) is 36.1 Å². The van der Waals surface area contributed by atoms with Gasteiger partial charge in [-0.2, -0.15) is 0 Å². The fourth-order valence-corrected chi connectivity index (χ4v) is 4.20. The molecule has 3 aliphatic rings. The highest BCUT2D eigenvalue weighted by Crippen LogP contribution is 2.41. The van der Waals surface area contributed by atoms with Gasteiger partial charge < -0.3 is 5.32 Å². The zero-order valence-corrected chi connectivity index (χ0v) is 10.6. The Morgan fingerprint density at radius 1 is 1.06 bits per heavy atom. The zero-order valence-electron chi connectivity index (χ0n) is 10.6. The molecule has 1 aliphatic heterocycles. The van der Waals surface area contributed by atoms with E-state index in [0.717, 1.165) is 24.0 Å². The number of nitrogens with one attached hydrogen (secondary N) is 1. The van der Waals surface area contributed by atoms with Crippen LogP contribution in [0.3, 0.4) is 0 Å².